The molecule has 0 saturated heterocycles. The number of halogens is 2. The van der Waals surface area contributed by atoms with E-state index < -0.39 is 6.10 Å². The fourth-order valence-corrected chi connectivity index (χ4v) is 2.35. The van der Waals surface area contributed by atoms with Gasteiger partial charge in [0.05, 0.1) is 0 Å². The van der Waals surface area contributed by atoms with Crippen LogP contribution in [-0.4, -0.2) is 5.11 Å². The second kappa shape index (κ2) is 5.43. The molecule has 0 spiro atoms. The number of aliphatic hydroxyl groups excluding tert-OH is 1. The molecule has 0 saturated carbocycles. The van der Waals surface area contributed by atoms with Gasteiger partial charge >= 0.3 is 0 Å². The highest BCUT2D eigenvalue weighted by atomic mass is 79.9. The molecule has 0 fully saturated rings. The highest BCUT2D eigenvalue weighted by Crippen LogP contribution is 2.29. The van der Waals surface area contributed by atoms with Gasteiger partial charge in [0.25, 0.3) is 0 Å². The van der Waals surface area contributed by atoms with Crippen molar-refractivity contribution >= 4 is 27.5 Å². The van der Waals surface area contributed by atoms with Gasteiger partial charge < -0.3 is 5.11 Å². The molecule has 0 heterocycles. The van der Waals surface area contributed by atoms with E-state index in [1.165, 1.54) is 0 Å². The van der Waals surface area contributed by atoms with Crippen LogP contribution in [0, 0.1) is 13.8 Å². The second-order valence-electron chi connectivity index (χ2n) is 4.42. The molecule has 2 rings (SSSR count). The van der Waals surface area contributed by atoms with Gasteiger partial charge in [0.1, 0.15) is 6.10 Å². The fraction of sp³-hybridized carbons (Fsp3) is 0.200. The highest BCUT2D eigenvalue weighted by Gasteiger charge is 2.12. The lowest BCUT2D eigenvalue weighted by Crippen LogP contribution is -2.01. The minimum atomic E-state index is -0.618. The molecule has 0 bridgehead atoms. The van der Waals surface area contributed by atoms with E-state index in [1.54, 1.807) is 0 Å². The molecule has 94 valence electrons. The summed E-state index contributed by atoms with van der Waals surface area (Å²) < 4.78 is 1.00. The molecular weight excluding hydrogens is 312 g/mol. The van der Waals surface area contributed by atoms with Crippen molar-refractivity contribution in [1.29, 1.82) is 0 Å². The summed E-state index contributed by atoms with van der Waals surface area (Å²) in [6.07, 6.45) is -0.618. The van der Waals surface area contributed by atoms with Crippen molar-refractivity contribution in [2.45, 2.75) is 20.0 Å². The lowest BCUT2D eigenvalue weighted by atomic mass is 9.98. The summed E-state index contributed by atoms with van der Waals surface area (Å²) >= 11 is 9.52. The van der Waals surface area contributed by atoms with E-state index in [1.807, 2.05) is 50.2 Å². The van der Waals surface area contributed by atoms with Crippen molar-refractivity contribution in [1.82, 2.24) is 0 Å². The smallest absolute Gasteiger partial charge is 0.104 e. The number of hydrogen-bond acceptors (Lipinski definition) is 1. The Hall–Kier alpha value is -0.830. The molecule has 0 aromatic heterocycles. The zero-order valence-corrected chi connectivity index (χ0v) is 12.6. The lowest BCUT2D eigenvalue weighted by molar-refractivity contribution is 0.220. The normalized spacial score (nSPS) is 12.5. The van der Waals surface area contributed by atoms with Crippen molar-refractivity contribution in [3.05, 3.63) is 68.1 Å². The van der Waals surface area contributed by atoms with Crippen LogP contribution in [-0.2, 0) is 0 Å². The monoisotopic (exact) mass is 324 g/mol. The Labute approximate surface area is 121 Å². The molecule has 0 aliphatic heterocycles. The molecule has 18 heavy (non-hydrogen) atoms. The molecular formula is C15H14BrClO. The molecule has 0 radical (unpaired) electrons. The van der Waals surface area contributed by atoms with Crippen LogP contribution in [0.1, 0.15) is 28.4 Å². The van der Waals surface area contributed by atoms with Gasteiger partial charge in [-0.15, -0.1) is 0 Å². The number of hydrogen-bond donors (Lipinski definition) is 1. The Bertz CT molecular complexity index is 540. The molecule has 0 amide bonds. The van der Waals surface area contributed by atoms with Crippen LogP contribution < -0.4 is 0 Å². The summed E-state index contributed by atoms with van der Waals surface area (Å²) in [5, 5.41) is 11.1. The van der Waals surface area contributed by atoms with Crippen molar-refractivity contribution in [2.75, 3.05) is 0 Å². The van der Waals surface area contributed by atoms with Gasteiger partial charge in [-0.3, -0.25) is 0 Å². The van der Waals surface area contributed by atoms with E-state index in [0.29, 0.717) is 0 Å². The zero-order valence-electron chi connectivity index (χ0n) is 10.2. The van der Waals surface area contributed by atoms with E-state index >= 15 is 0 Å². The summed E-state index contributed by atoms with van der Waals surface area (Å²) in [7, 11) is 0. The Kier molecular flexibility index (Phi) is 4.10. The Morgan fingerprint density at radius 2 is 1.50 bits per heavy atom. The SMILES string of the molecule is Cc1cc([C@@H](O)c2ccc(Br)cc2)cc(C)c1Cl. The maximum Gasteiger partial charge on any atom is 0.104 e. The van der Waals surface area contributed by atoms with Crippen molar-refractivity contribution in [2.24, 2.45) is 0 Å². The molecule has 1 nitrogen and oxygen atoms in total. The molecule has 0 unspecified atom stereocenters. The maximum atomic E-state index is 10.4. The molecule has 1 atom stereocenters. The minimum absolute atomic E-state index is 0.618. The quantitative estimate of drug-likeness (QED) is 0.841. The first-order valence-corrected chi connectivity index (χ1v) is 6.86. The number of aliphatic hydroxyl groups is 1. The molecule has 2 aromatic rings. The van der Waals surface area contributed by atoms with Gasteiger partial charge in [0, 0.05) is 9.50 Å². The highest BCUT2D eigenvalue weighted by molar-refractivity contribution is 9.10. The van der Waals surface area contributed by atoms with E-state index in [-0.39, 0.29) is 0 Å². The maximum absolute atomic E-state index is 10.4. The molecule has 0 aliphatic rings. The summed E-state index contributed by atoms with van der Waals surface area (Å²) in [5.74, 6) is 0. The van der Waals surface area contributed by atoms with Gasteiger partial charge in [-0.2, -0.15) is 0 Å². The third kappa shape index (κ3) is 2.77. The predicted octanol–water partition coefficient (Wildman–Crippen LogP) is 4.80. The number of benzene rings is 2. The first-order chi connectivity index (χ1) is 8.49. The minimum Gasteiger partial charge on any atom is -0.384 e. The van der Waals surface area contributed by atoms with E-state index in [0.717, 1.165) is 31.7 Å². The first kappa shape index (κ1) is 13.6. The van der Waals surface area contributed by atoms with Crippen LogP contribution in [0.4, 0.5) is 0 Å². The topological polar surface area (TPSA) is 20.2 Å². The van der Waals surface area contributed by atoms with Crippen LogP contribution in [0.15, 0.2) is 40.9 Å². The fourth-order valence-electron chi connectivity index (χ4n) is 1.97. The van der Waals surface area contributed by atoms with Crippen LogP contribution in [0.5, 0.6) is 0 Å². The average molecular weight is 326 g/mol. The van der Waals surface area contributed by atoms with Crippen molar-refractivity contribution in [3.8, 4) is 0 Å². The molecule has 1 N–H and O–H groups in total. The Morgan fingerprint density at radius 1 is 1.00 bits per heavy atom. The summed E-state index contributed by atoms with van der Waals surface area (Å²) in [5.41, 5.74) is 3.72. The predicted molar refractivity (Wildman–Crippen MR) is 79.1 cm³/mol. The van der Waals surface area contributed by atoms with Gasteiger partial charge in [-0.1, -0.05) is 51.8 Å². The van der Waals surface area contributed by atoms with Crippen LogP contribution >= 0.6 is 27.5 Å². The summed E-state index contributed by atoms with van der Waals surface area (Å²) in [6.45, 7) is 3.90. The zero-order chi connectivity index (χ0) is 13.3. The van der Waals surface area contributed by atoms with E-state index in [2.05, 4.69) is 15.9 Å². The molecule has 2 aromatic carbocycles. The Balaban J connectivity index is 2.39. The van der Waals surface area contributed by atoms with Gasteiger partial charge in [0.15, 0.2) is 0 Å². The Morgan fingerprint density at radius 3 is 2.00 bits per heavy atom. The van der Waals surface area contributed by atoms with E-state index in [4.69, 9.17) is 11.6 Å². The second-order valence-corrected chi connectivity index (χ2v) is 5.72. The standard InChI is InChI=1S/C15H14BrClO/c1-9-7-12(8-10(2)14(9)17)15(18)11-3-5-13(16)6-4-11/h3-8,15,18H,1-2H3/t15-/m0/s1. The lowest BCUT2D eigenvalue weighted by Gasteiger charge is -2.14. The van der Waals surface area contributed by atoms with Crippen LogP contribution in [0.2, 0.25) is 5.02 Å². The largest absolute Gasteiger partial charge is 0.384 e. The van der Waals surface area contributed by atoms with Gasteiger partial charge in [0.2, 0.25) is 0 Å². The van der Waals surface area contributed by atoms with Gasteiger partial charge in [-0.05, 0) is 48.2 Å². The van der Waals surface area contributed by atoms with Crippen molar-refractivity contribution < 1.29 is 5.11 Å². The number of rotatable bonds is 2. The van der Waals surface area contributed by atoms with Crippen molar-refractivity contribution in [3.63, 3.8) is 0 Å². The summed E-state index contributed by atoms with van der Waals surface area (Å²) in [4.78, 5) is 0. The van der Waals surface area contributed by atoms with Crippen LogP contribution in [0.25, 0.3) is 0 Å². The van der Waals surface area contributed by atoms with Crippen LogP contribution in [0.3, 0.4) is 0 Å². The third-order valence-corrected chi connectivity index (χ3v) is 4.09. The molecule has 3 heteroatoms. The summed E-state index contributed by atoms with van der Waals surface area (Å²) in [6, 6.07) is 11.5. The third-order valence-electron chi connectivity index (χ3n) is 2.96. The average Bonchev–Trinajstić information content (AvgIpc) is 2.35. The first-order valence-electron chi connectivity index (χ1n) is 5.69. The number of aryl methyl sites for hydroxylation is 2. The van der Waals surface area contributed by atoms with Gasteiger partial charge in [-0.25, -0.2) is 0 Å². The van der Waals surface area contributed by atoms with E-state index in [9.17, 15) is 5.11 Å². The molecule has 0 aliphatic carbocycles.